The smallest absolute Gasteiger partial charge is 0.384 e. The molecule has 0 bridgehead atoms. The molecule has 0 aliphatic rings. The molecule has 0 aliphatic heterocycles. The molecule has 0 N–H and O–H groups in total. The molecule has 0 aromatic rings. The zero-order chi connectivity index (χ0) is 8.53. The molecule has 0 amide bonds. The van der Waals surface area contributed by atoms with Gasteiger partial charge in [-0.25, -0.2) is 4.79 Å². The first kappa shape index (κ1) is 10.1. The fraction of sp³-hybridized carbons (Fsp3) is 0.375. The van der Waals surface area contributed by atoms with Crippen LogP contribution in [0.4, 0.5) is 0 Å². The normalized spacial score (nSPS) is 8.91. The van der Waals surface area contributed by atoms with Gasteiger partial charge in [-0.3, -0.25) is 0 Å². The molecular formula is C8H9ClO2. The number of carbonyl (C=O) groups excluding carboxylic acids is 1. The number of esters is 1. The Morgan fingerprint density at radius 1 is 1.64 bits per heavy atom. The lowest BCUT2D eigenvalue weighted by atomic mass is 10.5. The largest absolute Gasteiger partial charge is 0.452 e. The lowest BCUT2D eigenvalue weighted by Crippen LogP contribution is -2.00. The molecule has 0 aromatic carbocycles. The Bertz CT molecular complexity index is 198. The highest BCUT2D eigenvalue weighted by atomic mass is 35.5. The highest BCUT2D eigenvalue weighted by Gasteiger charge is 1.90. The van der Waals surface area contributed by atoms with Gasteiger partial charge in [-0.1, -0.05) is 18.1 Å². The summed E-state index contributed by atoms with van der Waals surface area (Å²) in [5, 5.41) is 0. The highest BCUT2D eigenvalue weighted by molar-refractivity contribution is 6.18. The van der Waals surface area contributed by atoms with Crippen molar-refractivity contribution in [1.29, 1.82) is 0 Å². The Morgan fingerprint density at radius 3 is 2.91 bits per heavy atom. The zero-order valence-corrected chi connectivity index (χ0v) is 7.02. The van der Waals surface area contributed by atoms with Crippen molar-refractivity contribution in [2.45, 2.75) is 6.92 Å². The molecule has 60 valence electrons. The molecule has 2 nitrogen and oxygen atoms in total. The molecule has 0 fully saturated rings. The number of rotatable bonds is 3. The number of allylic oxidation sites excluding steroid dienone is 1. The van der Waals surface area contributed by atoms with Crippen molar-refractivity contribution in [3.05, 3.63) is 12.2 Å². The molecule has 0 radical (unpaired) electrons. The molecule has 11 heavy (non-hydrogen) atoms. The number of ether oxygens (including phenoxy) is 1. The topological polar surface area (TPSA) is 26.3 Å². The number of halogens is 1. The van der Waals surface area contributed by atoms with E-state index < -0.39 is 5.97 Å². The Hall–Kier alpha value is -0.940. The van der Waals surface area contributed by atoms with Crippen LogP contribution >= 0.6 is 11.6 Å². The van der Waals surface area contributed by atoms with Crippen molar-refractivity contribution < 1.29 is 9.53 Å². The minimum Gasteiger partial charge on any atom is -0.452 e. The molecule has 0 heterocycles. The van der Waals surface area contributed by atoms with E-state index in [0.717, 1.165) is 0 Å². The van der Waals surface area contributed by atoms with Gasteiger partial charge in [-0.2, -0.15) is 0 Å². The summed E-state index contributed by atoms with van der Waals surface area (Å²) >= 11 is 5.32. The van der Waals surface area contributed by atoms with Crippen LogP contribution in [0.25, 0.3) is 0 Å². The molecule has 0 saturated carbocycles. The minimum absolute atomic E-state index is 0.236. The van der Waals surface area contributed by atoms with E-state index in [1.807, 2.05) is 0 Å². The maximum absolute atomic E-state index is 10.5. The lowest BCUT2D eigenvalue weighted by molar-refractivity contribution is -0.135. The van der Waals surface area contributed by atoms with Crippen molar-refractivity contribution in [3.8, 4) is 11.8 Å². The van der Waals surface area contributed by atoms with Crippen LogP contribution in [0.3, 0.4) is 0 Å². The van der Waals surface area contributed by atoms with Gasteiger partial charge in [0, 0.05) is 11.8 Å². The third kappa shape index (κ3) is 6.95. The molecule has 0 atom stereocenters. The molecular weight excluding hydrogens is 164 g/mol. The first-order valence-corrected chi connectivity index (χ1v) is 3.65. The summed E-state index contributed by atoms with van der Waals surface area (Å²) in [6, 6.07) is 0. The van der Waals surface area contributed by atoms with Gasteiger partial charge in [0.2, 0.25) is 0 Å². The standard InChI is InChI=1S/C8H9ClO2/c1-2-5-8(10)11-7-4-3-6-9/h3-4H,6-7H2,1H3/b4-3+. The molecule has 3 heteroatoms. The van der Waals surface area contributed by atoms with E-state index in [1.54, 1.807) is 19.1 Å². The van der Waals surface area contributed by atoms with Crippen molar-refractivity contribution in [2.24, 2.45) is 0 Å². The van der Waals surface area contributed by atoms with E-state index in [2.05, 4.69) is 16.6 Å². The summed E-state index contributed by atoms with van der Waals surface area (Å²) in [5.41, 5.74) is 0. The predicted octanol–water partition coefficient (Wildman–Crippen LogP) is 1.35. The van der Waals surface area contributed by atoms with Crippen LogP contribution < -0.4 is 0 Å². The van der Waals surface area contributed by atoms with E-state index in [4.69, 9.17) is 11.6 Å². The van der Waals surface area contributed by atoms with E-state index >= 15 is 0 Å². The first-order valence-electron chi connectivity index (χ1n) is 3.11. The average Bonchev–Trinajstić information content (AvgIpc) is 1.99. The summed E-state index contributed by atoms with van der Waals surface area (Å²) in [4.78, 5) is 10.5. The molecule has 0 aromatic heterocycles. The van der Waals surface area contributed by atoms with E-state index in [0.29, 0.717) is 5.88 Å². The summed E-state index contributed by atoms with van der Waals surface area (Å²) < 4.78 is 4.63. The van der Waals surface area contributed by atoms with Gasteiger partial charge in [0.15, 0.2) is 0 Å². The van der Waals surface area contributed by atoms with Crippen LogP contribution in [0.5, 0.6) is 0 Å². The fourth-order valence-electron chi connectivity index (χ4n) is 0.393. The van der Waals surface area contributed by atoms with Gasteiger partial charge in [-0.05, 0) is 6.92 Å². The van der Waals surface area contributed by atoms with Gasteiger partial charge < -0.3 is 4.74 Å². The first-order chi connectivity index (χ1) is 5.31. The van der Waals surface area contributed by atoms with Gasteiger partial charge >= 0.3 is 5.97 Å². The monoisotopic (exact) mass is 172 g/mol. The second kappa shape index (κ2) is 7.17. The summed E-state index contributed by atoms with van der Waals surface area (Å²) in [6.07, 6.45) is 3.37. The Labute approximate surface area is 71.2 Å². The summed E-state index contributed by atoms with van der Waals surface area (Å²) in [5.74, 6) is 4.60. The number of hydrogen-bond acceptors (Lipinski definition) is 2. The van der Waals surface area contributed by atoms with E-state index in [9.17, 15) is 4.79 Å². The van der Waals surface area contributed by atoms with Gasteiger partial charge in [0.1, 0.15) is 6.61 Å². The van der Waals surface area contributed by atoms with Crippen LogP contribution in [0.15, 0.2) is 12.2 Å². The van der Waals surface area contributed by atoms with Gasteiger partial charge in [-0.15, -0.1) is 11.6 Å². The summed E-state index contributed by atoms with van der Waals surface area (Å²) in [6.45, 7) is 1.82. The molecule has 0 aliphatic carbocycles. The Morgan fingerprint density at radius 2 is 2.36 bits per heavy atom. The summed E-state index contributed by atoms with van der Waals surface area (Å²) in [7, 11) is 0. The third-order valence-corrected chi connectivity index (χ3v) is 0.972. The maximum atomic E-state index is 10.5. The Balaban J connectivity index is 3.44. The van der Waals surface area contributed by atoms with Crippen molar-refractivity contribution in [3.63, 3.8) is 0 Å². The van der Waals surface area contributed by atoms with Crippen molar-refractivity contribution >= 4 is 17.6 Å². The van der Waals surface area contributed by atoms with Crippen LogP contribution in [0.2, 0.25) is 0 Å². The minimum atomic E-state index is -0.508. The number of hydrogen-bond donors (Lipinski definition) is 0. The Kier molecular flexibility index (Phi) is 6.56. The van der Waals surface area contributed by atoms with Crippen LogP contribution in [0, 0.1) is 11.8 Å². The van der Waals surface area contributed by atoms with Gasteiger partial charge in [0.05, 0.1) is 0 Å². The molecule has 0 saturated heterocycles. The SMILES string of the molecule is CC#CC(=O)OC/C=C/CCl. The molecule has 0 spiro atoms. The fourth-order valence-corrected chi connectivity index (χ4v) is 0.519. The second-order valence-electron chi connectivity index (χ2n) is 1.60. The van der Waals surface area contributed by atoms with E-state index in [-0.39, 0.29) is 6.61 Å². The predicted molar refractivity (Wildman–Crippen MR) is 44.3 cm³/mol. The number of carbonyl (C=O) groups is 1. The van der Waals surface area contributed by atoms with Crippen LogP contribution in [-0.2, 0) is 9.53 Å². The van der Waals surface area contributed by atoms with Crippen molar-refractivity contribution in [2.75, 3.05) is 12.5 Å². The van der Waals surface area contributed by atoms with Gasteiger partial charge in [0.25, 0.3) is 0 Å². The van der Waals surface area contributed by atoms with Crippen LogP contribution in [0.1, 0.15) is 6.92 Å². The third-order valence-electron chi connectivity index (χ3n) is 0.793. The van der Waals surface area contributed by atoms with E-state index in [1.165, 1.54) is 0 Å². The second-order valence-corrected chi connectivity index (χ2v) is 1.91. The lowest BCUT2D eigenvalue weighted by Gasteiger charge is -1.92. The quantitative estimate of drug-likeness (QED) is 0.211. The molecule has 0 rings (SSSR count). The van der Waals surface area contributed by atoms with Crippen LogP contribution in [-0.4, -0.2) is 18.5 Å². The molecule has 0 unspecified atom stereocenters. The maximum Gasteiger partial charge on any atom is 0.384 e. The zero-order valence-electron chi connectivity index (χ0n) is 6.26. The average molecular weight is 173 g/mol. The van der Waals surface area contributed by atoms with Crippen molar-refractivity contribution in [1.82, 2.24) is 0 Å². The highest BCUT2D eigenvalue weighted by Crippen LogP contribution is 1.81. The number of alkyl halides is 1.